The Labute approximate surface area is 167 Å². The minimum atomic E-state index is -10.7. The summed E-state index contributed by atoms with van der Waals surface area (Å²) in [7, 11) is -10.7. The van der Waals surface area contributed by atoms with Gasteiger partial charge in [0.2, 0.25) is 5.52 Å². The van der Waals surface area contributed by atoms with Crippen molar-refractivity contribution < 1.29 is 29.6 Å². The van der Waals surface area contributed by atoms with Crippen LogP contribution in [0.4, 0.5) is 25.2 Å². The zero-order chi connectivity index (χ0) is 21.8. The second kappa shape index (κ2) is 6.05. The van der Waals surface area contributed by atoms with Crippen LogP contribution in [0.25, 0.3) is 37.8 Å². The van der Waals surface area contributed by atoms with Gasteiger partial charge in [-0.05, 0) is 34.5 Å². The molecule has 0 radical (unpaired) electrons. The van der Waals surface area contributed by atoms with Gasteiger partial charge in [-0.1, -0.05) is 54.1 Å². The van der Waals surface area contributed by atoms with Gasteiger partial charge in [0.05, 0.1) is 10.8 Å². The molecule has 30 heavy (non-hydrogen) atoms. The monoisotopic (exact) mass is 439 g/mol. The maximum absolute atomic E-state index is 10.7. The molecule has 156 valence electrons. The van der Waals surface area contributed by atoms with Crippen LogP contribution in [0.1, 0.15) is 5.56 Å². The molecule has 0 fully saturated rings. The number of aryl methyl sites for hydroxylation is 1. The Hall–Kier alpha value is -2.92. The summed E-state index contributed by atoms with van der Waals surface area (Å²) >= 11 is 0. The SMILES string of the molecule is Cc1ccc2cc[n+]3ccc4ccc5ccccc5c4c3c2c1.F[P-](F)(F)(F)(F)F. The second-order valence-electron chi connectivity index (χ2n) is 7.19. The van der Waals surface area contributed by atoms with Crippen LogP contribution in [0.3, 0.4) is 0 Å². The number of hydrogen-bond donors (Lipinski definition) is 0. The molecule has 0 spiro atoms. The molecular weight excluding hydrogens is 423 g/mol. The van der Waals surface area contributed by atoms with Gasteiger partial charge in [0.15, 0.2) is 12.4 Å². The summed E-state index contributed by atoms with van der Waals surface area (Å²) in [5.41, 5.74) is 2.59. The first-order valence-electron chi connectivity index (χ1n) is 8.97. The molecule has 0 unspecified atom stereocenters. The van der Waals surface area contributed by atoms with Crippen molar-refractivity contribution in [2.45, 2.75) is 6.92 Å². The first-order chi connectivity index (χ1) is 13.8. The van der Waals surface area contributed by atoms with Gasteiger partial charge in [0, 0.05) is 12.1 Å². The normalized spacial score (nSPS) is 14.4. The standard InChI is InChI=1S/C22H16N.F6P/c1-15-6-7-17-10-12-23-13-11-18-9-8-16-4-2-3-5-19(16)21(18)22(23)20(17)14-15;1-7(2,3,4,5)6/h2-14H,1H3;/q+1;-1. The van der Waals surface area contributed by atoms with Gasteiger partial charge in [-0.2, -0.15) is 4.40 Å². The fourth-order valence-corrected chi connectivity index (χ4v) is 3.63. The Morgan fingerprint density at radius 1 is 0.633 bits per heavy atom. The van der Waals surface area contributed by atoms with Crippen molar-refractivity contribution >= 4 is 45.6 Å². The molecule has 0 bridgehead atoms. The van der Waals surface area contributed by atoms with Crippen molar-refractivity contribution in [2.24, 2.45) is 0 Å². The molecule has 5 aromatic rings. The van der Waals surface area contributed by atoms with Crippen molar-refractivity contribution in [3.05, 3.63) is 84.7 Å². The molecule has 2 aromatic heterocycles. The van der Waals surface area contributed by atoms with Crippen molar-refractivity contribution in [3.8, 4) is 0 Å². The van der Waals surface area contributed by atoms with E-state index in [1.165, 1.54) is 43.4 Å². The molecule has 3 aromatic carbocycles. The third-order valence-corrected chi connectivity index (χ3v) is 4.75. The van der Waals surface area contributed by atoms with Crippen molar-refractivity contribution in [1.29, 1.82) is 0 Å². The average molecular weight is 439 g/mol. The summed E-state index contributed by atoms with van der Waals surface area (Å²) in [4.78, 5) is 0. The van der Waals surface area contributed by atoms with Crippen LogP contribution >= 0.6 is 7.81 Å². The van der Waals surface area contributed by atoms with E-state index in [2.05, 4.69) is 90.4 Å². The Balaban J connectivity index is 0.000000272. The molecular formula is C22H16F6NP. The van der Waals surface area contributed by atoms with Crippen LogP contribution in [0, 0.1) is 6.92 Å². The topological polar surface area (TPSA) is 4.10 Å². The van der Waals surface area contributed by atoms with E-state index in [1.54, 1.807) is 0 Å². The molecule has 1 nitrogen and oxygen atoms in total. The maximum atomic E-state index is 9.87. The molecule has 0 amide bonds. The molecule has 0 saturated carbocycles. The van der Waals surface area contributed by atoms with Crippen LogP contribution in [-0.4, -0.2) is 0 Å². The quantitative estimate of drug-likeness (QED) is 0.0985. The number of aromatic nitrogens is 1. The van der Waals surface area contributed by atoms with E-state index in [1.807, 2.05) is 0 Å². The fourth-order valence-electron chi connectivity index (χ4n) is 3.63. The molecule has 0 aliphatic carbocycles. The number of fused-ring (bicyclic) bond motifs is 7. The molecule has 0 atom stereocenters. The van der Waals surface area contributed by atoms with Gasteiger partial charge in [0.25, 0.3) is 0 Å². The number of rotatable bonds is 0. The predicted octanol–water partition coefficient (Wildman–Crippen LogP) is 8.58. The summed E-state index contributed by atoms with van der Waals surface area (Å²) in [5, 5.41) is 7.83. The predicted molar refractivity (Wildman–Crippen MR) is 110 cm³/mol. The Bertz CT molecular complexity index is 1420. The molecule has 2 heterocycles. The van der Waals surface area contributed by atoms with Gasteiger partial charge in [0.1, 0.15) is 0 Å². The van der Waals surface area contributed by atoms with Gasteiger partial charge in [-0.25, -0.2) is 0 Å². The zero-order valence-corrected chi connectivity index (χ0v) is 16.6. The van der Waals surface area contributed by atoms with Gasteiger partial charge < -0.3 is 0 Å². The molecule has 0 N–H and O–H groups in total. The second-order valence-corrected chi connectivity index (χ2v) is 9.10. The van der Waals surface area contributed by atoms with Crippen LogP contribution in [-0.2, 0) is 0 Å². The summed E-state index contributed by atoms with van der Waals surface area (Å²) in [6, 6.07) is 24.2. The van der Waals surface area contributed by atoms with E-state index in [-0.39, 0.29) is 0 Å². The molecule has 0 aliphatic rings. The van der Waals surface area contributed by atoms with Gasteiger partial charge in [-0.15, -0.1) is 0 Å². The number of halogens is 6. The average Bonchev–Trinajstić information content (AvgIpc) is 2.64. The van der Waals surface area contributed by atoms with E-state index in [9.17, 15) is 25.2 Å². The summed E-state index contributed by atoms with van der Waals surface area (Å²) in [5.74, 6) is 0. The van der Waals surface area contributed by atoms with Crippen molar-refractivity contribution in [2.75, 3.05) is 0 Å². The molecule has 0 saturated heterocycles. The molecule has 8 heteroatoms. The first kappa shape index (κ1) is 20.4. The fraction of sp³-hybridized carbons (Fsp3) is 0.0455. The van der Waals surface area contributed by atoms with Crippen LogP contribution in [0.15, 0.2) is 79.1 Å². The summed E-state index contributed by atoms with van der Waals surface area (Å²) < 4.78 is 61.4. The number of benzene rings is 3. The first-order valence-corrected chi connectivity index (χ1v) is 11.0. The molecule has 0 aliphatic heterocycles. The van der Waals surface area contributed by atoms with Crippen LogP contribution in [0.2, 0.25) is 0 Å². The Morgan fingerprint density at radius 3 is 1.87 bits per heavy atom. The number of pyridine rings is 2. The van der Waals surface area contributed by atoms with E-state index in [0.29, 0.717) is 0 Å². The zero-order valence-electron chi connectivity index (χ0n) is 15.7. The van der Waals surface area contributed by atoms with Gasteiger partial charge >= 0.3 is 33.0 Å². The summed E-state index contributed by atoms with van der Waals surface area (Å²) in [6.45, 7) is 2.16. The van der Waals surface area contributed by atoms with E-state index >= 15 is 0 Å². The van der Waals surface area contributed by atoms with Gasteiger partial charge in [-0.3, -0.25) is 0 Å². The van der Waals surface area contributed by atoms with Crippen LogP contribution < -0.4 is 4.40 Å². The Morgan fingerprint density at radius 2 is 1.17 bits per heavy atom. The van der Waals surface area contributed by atoms with E-state index < -0.39 is 7.81 Å². The summed E-state index contributed by atoms with van der Waals surface area (Å²) in [6.07, 6.45) is 4.32. The minimum absolute atomic E-state index is 1.29. The van der Waals surface area contributed by atoms with Crippen LogP contribution in [0.5, 0.6) is 0 Å². The van der Waals surface area contributed by atoms with Crippen molar-refractivity contribution in [1.82, 2.24) is 0 Å². The van der Waals surface area contributed by atoms with Crippen molar-refractivity contribution in [3.63, 3.8) is 0 Å². The van der Waals surface area contributed by atoms with E-state index in [4.69, 9.17) is 0 Å². The molecule has 5 rings (SSSR count). The van der Waals surface area contributed by atoms with E-state index in [0.717, 1.165) is 0 Å². The third-order valence-electron chi connectivity index (χ3n) is 4.75. The number of nitrogens with zero attached hydrogens (tertiary/aromatic N) is 1. The number of hydrogen-bond acceptors (Lipinski definition) is 0. The Kier molecular flexibility index (Phi) is 4.10. The third kappa shape index (κ3) is 4.62.